The van der Waals surface area contributed by atoms with E-state index >= 15 is 0 Å². The van der Waals surface area contributed by atoms with Crippen molar-refractivity contribution >= 4 is 27.5 Å². The highest BCUT2D eigenvalue weighted by Crippen LogP contribution is 2.26. The van der Waals surface area contributed by atoms with E-state index in [1.807, 2.05) is 37.3 Å². The normalized spacial score (nSPS) is 10.5. The number of carbonyl (C=O) groups is 1. The molecule has 0 saturated carbocycles. The molecule has 0 atom stereocenters. The number of carbonyl (C=O) groups excluding carboxylic acids is 1. The fraction of sp³-hybridized carbons (Fsp3) is 0.167. The number of ether oxygens (including phenoxy) is 1. The lowest BCUT2D eigenvalue weighted by Gasteiger charge is -2.09. The first kappa shape index (κ1) is 17.2. The van der Waals surface area contributed by atoms with Gasteiger partial charge in [0.15, 0.2) is 12.4 Å². The summed E-state index contributed by atoms with van der Waals surface area (Å²) in [5.41, 5.74) is 1.27. The molecule has 0 aliphatic carbocycles. The number of amides is 1. The van der Waals surface area contributed by atoms with Crippen molar-refractivity contribution < 1.29 is 14.1 Å². The van der Waals surface area contributed by atoms with Gasteiger partial charge < -0.3 is 14.6 Å². The molecule has 0 aliphatic rings. The minimum Gasteiger partial charge on any atom is -0.484 e. The monoisotopic (exact) mass is 401 g/mol. The van der Waals surface area contributed by atoms with Gasteiger partial charge in [0.25, 0.3) is 11.8 Å². The molecule has 0 spiro atoms. The van der Waals surface area contributed by atoms with Crippen LogP contribution in [0.3, 0.4) is 0 Å². The van der Waals surface area contributed by atoms with E-state index in [1.54, 1.807) is 18.2 Å². The summed E-state index contributed by atoms with van der Waals surface area (Å²) < 4.78 is 11.7. The second-order valence-electron chi connectivity index (χ2n) is 5.21. The number of hydrogen-bond acceptors (Lipinski definition) is 5. The number of aryl methyl sites for hydroxylation is 1. The molecule has 0 unspecified atom stereocenters. The van der Waals surface area contributed by atoms with Crippen LogP contribution in [0.25, 0.3) is 11.5 Å². The number of rotatable bonds is 6. The molecule has 0 radical (unpaired) electrons. The second kappa shape index (κ2) is 7.94. The van der Waals surface area contributed by atoms with Crippen LogP contribution >= 0.6 is 15.9 Å². The zero-order valence-electron chi connectivity index (χ0n) is 13.5. The Morgan fingerprint density at radius 2 is 1.96 bits per heavy atom. The van der Waals surface area contributed by atoms with Gasteiger partial charge in [-0.05, 0) is 36.4 Å². The fourth-order valence-electron chi connectivity index (χ4n) is 2.15. The van der Waals surface area contributed by atoms with E-state index in [-0.39, 0.29) is 12.5 Å². The highest BCUT2D eigenvalue weighted by molar-refractivity contribution is 9.10. The largest absolute Gasteiger partial charge is 0.484 e. The average Bonchev–Trinajstić information content (AvgIpc) is 3.11. The third-order valence-corrected chi connectivity index (χ3v) is 3.93. The van der Waals surface area contributed by atoms with E-state index < -0.39 is 0 Å². The van der Waals surface area contributed by atoms with Gasteiger partial charge >= 0.3 is 0 Å². The highest BCUT2D eigenvalue weighted by atomic mass is 79.9. The number of halogens is 1. The fourth-order valence-corrected chi connectivity index (χ4v) is 2.42. The summed E-state index contributed by atoms with van der Waals surface area (Å²) >= 11 is 3.35. The van der Waals surface area contributed by atoms with Crippen molar-refractivity contribution in [3.05, 3.63) is 58.8 Å². The minimum atomic E-state index is -0.273. The Labute approximate surface area is 153 Å². The van der Waals surface area contributed by atoms with Crippen LogP contribution in [0, 0.1) is 0 Å². The summed E-state index contributed by atoms with van der Waals surface area (Å²) in [4.78, 5) is 16.5. The van der Waals surface area contributed by atoms with E-state index in [0.29, 0.717) is 35.1 Å². The molecule has 0 saturated heterocycles. The number of anilines is 1. The van der Waals surface area contributed by atoms with Gasteiger partial charge in [0.05, 0.1) is 11.3 Å². The van der Waals surface area contributed by atoms with Crippen LogP contribution in [0.5, 0.6) is 5.75 Å². The molecule has 1 heterocycles. The maximum absolute atomic E-state index is 12.2. The molecule has 1 aromatic heterocycles. The average molecular weight is 402 g/mol. The number of aromatic nitrogens is 2. The third kappa shape index (κ3) is 4.45. The van der Waals surface area contributed by atoms with Crippen molar-refractivity contribution in [2.45, 2.75) is 13.3 Å². The van der Waals surface area contributed by atoms with E-state index in [2.05, 4.69) is 31.4 Å². The molecule has 3 rings (SSSR count). The predicted molar refractivity (Wildman–Crippen MR) is 97.4 cm³/mol. The molecule has 0 aliphatic heterocycles. The molecular weight excluding hydrogens is 386 g/mol. The smallest absolute Gasteiger partial charge is 0.262 e. The summed E-state index contributed by atoms with van der Waals surface area (Å²) in [6.45, 7) is 1.85. The van der Waals surface area contributed by atoms with Gasteiger partial charge in [-0.1, -0.05) is 40.1 Å². The van der Waals surface area contributed by atoms with E-state index in [1.165, 1.54) is 0 Å². The maximum Gasteiger partial charge on any atom is 0.262 e. The Balaban J connectivity index is 1.68. The molecule has 0 fully saturated rings. The van der Waals surface area contributed by atoms with Crippen molar-refractivity contribution in [1.29, 1.82) is 0 Å². The molecule has 2 aromatic carbocycles. The molecule has 0 bridgehead atoms. The van der Waals surface area contributed by atoms with Crippen LogP contribution in [0.1, 0.15) is 12.7 Å². The lowest BCUT2D eigenvalue weighted by atomic mass is 10.1. The third-order valence-electron chi connectivity index (χ3n) is 3.40. The first-order valence-electron chi connectivity index (χ1n) is 7.76. The minimum absolute atomic E-state index is 0.0972. The van der Waals surface area contributed by atoms with Crippen LogP contribution in [0.2, 0.25) is 0 Å². The van der Waals surface area contributed by atoms with Crippen LogP contribution in [0.4, 0.5) is 5.69 Å². The van der Waals surface area contributed by atoms with E-state index in [9.17, 15) is 4.79 Å². The van der Waals surface area contributed by atoms with Gasteiger partial charge in [0, 0.05) is 10.9 Å². The zero-order chi connectivity index (χ0) is 17.6. The molecule has 3 aromatic rings. The Morgan fingerprint density at radius 1 is 1.20 bits per heavy atom. The molecule has 128 valence electrons. The zero-order valence-corrected chi connectivity index (χ0v) is 15.1. The Bertz CT molecular complexity index is 862. The van der Waals surface area contributed by atoms with Crippen molar-refractivity contribution in [2.24, 2.45) is 0 Å². The summed E-state index contributed by atoms with van der Waals surface area (Å²) in [6, 6.07) is 14.5. The predicted octanol–water partition coefficient (Wildman–Crippen LogP) is 4.08. The first-order valence-corrected chi connectivity index (χ1v) is 8.55. The summed E-state index contributed by atoms with van der Waals surface area (Å²) in [7, 11) is 0. The van der Waals surface area contributed by atoms with Crippen molar-refractivity contribution in [3.63, 3.8) is 0 Å². The SMILES string of the molecule is CCc1noc(-c2ccccc2NC(=O)COc2ccc(Br)cc2)n1. The molecule has 25 heavy (non-hydrogen) atoms. The summed E-state index contributed by atoms with van der Waals surface area (Å²) in [5.74, 6) is 1.35. The first-order chi connectivity index (χ1) is 12.2. The summed E-state index contributed by atoms with van der Waals surface area (Å²) in [5, 5.41) is 6.70. The van der Waals surface area contributed by atoms with Crippen LogP contribution in [0.15, 0.2) is 57.5 Å². The number of hydrogen-bond donors (Lipinski definition) is 1. The van der Waals surface area contributed by atoms with Crippen molar-refractivity contribution in [1.82, 2.24) is 10.1 Å². The molecule has 7 heteroatoms. The van der Waals surface area contributed by atoms with Crippen molar-refractivity contribution in [3.8, 4) is 17.2 Å². The number of nitrogens with one attached hydrogen (secondary N) is 1. The van der Waals surface area contributed by atoms with Crippen LogP contribution in [-0.2, 0) is 11.2 Å². The van der Waals surface area contributed by atoms with Gasteiger partial charge in [-0.3, -0.25) is 4.79 Å². The Hall–Kier alpha value is -2.67. The van der Waals surface area contributed by atoms with Gasteiger partial charge in [-0.2, -0.15) is 4.98 Å². The Morgan fingerprint density at radius 3 is 2.68 bits per heavy atom. The molecular formula is C18H16BrN3O3. The van der Waals surface area contributed by atoms with E-state index in [4.69, 9.17) is 9.26 Å². The van der Waals surface area contributed by atoms with Crippen molar-refractivity contribution in [2.75, 3.05) is 11.9 Å². The molecule has 6 nitrogen and oxygen atoms in total. The number of benzene rings is 2. The maximum atomic E-state index is 12.2. The molecule has 1 N–H and O–H groups in total. The topological polar surface area (TPSA) is 77.2 Å². The number of nitrogens with zero attached hydrogens (tertiary/aromatic N) is 2. The van der Waals surface area contributed by atoms with Gasteiger partial charge in [0.2, 0.25) is 0 Å². The quantitative estimate of drug-likeness (QED) is 0.673. The number of para-hydroxylation sites is 1. The Kier molecular flexibility index (Phi) is 5.45. The molecule has 1 amide bonds. The van der Waals surface area contributed by atoms with Crippen LogP contribution < -0.4 is 10.1 Å². The lowest BCUT2D eigenvalue weighted by molar-refractivity contribution is -0.118. The van der Waals surface area contributed by atoms with Crippen LogP contribution in [-0.4, -0.2) is 22.7 Å². The van der Waals surface area contributed by atoms with Gasteiger partial charge in [-0.15, -0.1) is 0 Å². The van der Waals surface area contributed by atoms with E-state index in [0.717, 1.165) is 4.47 Å². The second-order valence-corrected chi connectivity index (χ2v) is 6.12. The highest BCUT2D eigenvalue weighted by Gasteiger charge is 2.14. The van der Waals surface area contributed by atoms with Gasteiger partial charge in [0.1, 0.15) is 5.75 Å². The summed E-state index contributed by atoms with van der Waals surface area (Å²) in [6.07, 6.45) is 0.680. The standard InChI is InChI=1S/C18H16BrN3O3/c1-2-16-21-18(25-22-16)14-5-3-4-6-15(14)20-17(23)11-24-13-9-7-12(19)8-10-13/h3-10H,2,11H2,1H3,(H,20,23). The van der Waals surface area contributed by atoms with Gasteiger partial charge in [-0.25, -0.2) is 0 Å². The lowest BCUT2D eigenvalue weighted by Crippen LogP contribution is -2.20.